The molecular weight excluding hydrogens is 396 g/mol. The molecule has 0 aliphatic rings. The van der Waals surface area contributed by atoms with Crippen molar-refractivity contribution in [3.63, 3.8) is 0 Å². The lowest BCUT2D eigenvalue weighted by Gasteiger charge is -2.11. The minimum atomic E-state index is -5.01. The number of aromatic nitrogens is 2. The molecule has 0 atom stereocenters. The zero-order valence-corrected chi connectivity index (χ0v) is 14.1. The molecule has 0 radical (unpaired) electrons. The normalized spacial score (nSPS) is 12.4. The van der Waals surface area contributed by atoms with Crippen LogP contribution in [0.15, 0.2) is 42.5 Å². The minimum Gasteiger partial charge on any atom is -0.302 e. The Morgan fingerprint density at radius 3 is 2.19 bits per heavy atom. The topological polar surface area (TPSA) is 39.1 Å². The molecule has 2 N–H and O–H groups in total. The van der Waals surface area contributed by atoms with Gasteiger partial charge in [0.15, 0.2) is 0 Å². The number of pyridine rings is 2. The third-order valence-electron chi connectivity index (χ3n) is 3.72. The highest BCUT2D eigenvalue weighted by atomic mass is 35.5. The molecule has 0 amide bonds. The molecule has 142 valence electrons. The Morgan fingerprint density at radius 1 is 0.926 bits per heavy atom. The first-order chi connectivity index (χ1) is 12.5. The van der Waals surface area contributed by atoms with Gasteiger partial charge in [-0.1, -0.05) is 28.7 Å². The number of nitrogens with zero attached hydrogens (tertiary/aromatic N) is 1. The number of aromatic amines is 1. The number of H-pyrrole nitrogens is 1. The Bertz CT molecular complexity index is 967. The van der Waals surface area contributed by atoms with Crippen LogP contribution in [0.2, 0.25) is 5.02 Å². The summed E-state index contributed by atoms with van der Waals surface area (Å²) in [4.78, 5) is 5.80. The molecular formula is C17H11ClF6N3+. The summed E-state index contributed by atoms with van der Waals surface area (Å²) in [6, 6.07) is 9.19. The lowest BCUT2D eigenvalue weighted by molar-refractivity contribution is -0.331. The smallest absolute Gasteiger partial charge is 0.302 e. The lowest BCUT2D eigenvalue weighted by Crippen LogP contribution is -2.20. The average molecular weight is 407 g/mol. The number of anilines is 1. The lowest BCUT2D eigenvalue weighted by atomic mass is 10.1. The molecule has 1 aromatic carbocycles. The van der Waals surface area contributed by atoms with Crippen molar-refractivity contribution in [3.8, 4) is 0 Å². The zero-order chi connectivity index (χ0) is 19.8. The van der Waals surface area contributed by atoms with E-state index in [-0.39, 0.29) is 18.4 Å². The fourth-order valence-corrected chi connectivity index (χ4v) is 2.56. The van der Waals surface area contributed by atoms with Gasteiger partial charge in [-0.2, -0.15) is 26.3 Å². The Kier molecular flexibility index (Phi) is 4.90. The molecule has 10 heteroatoms. The van der Waals surface area contributed by atoms with Gasteiger partial charge in [0, 0.05) is 11.1 Å². The summed E-state index contributed by atoms with van der Waals surface area (Å²) in [7, 11) is 0. The number of nitrogens with one attached hydrogen (secondary N) is 2. The monoisotopic (exact) mass is 406 g/mol. The van der Waals surface area contributed by atoms with E-state index in [2.05, 4.69) is 15.3 Å². The van der Waals surface area contributed by atoms with E-state index in [4.69, 9.17) is 11.6 Å². The zero-order valence-electron chi connectivity index (χ0n) is 13.3. The first-order valence-corrected chi connectivity index (χ1v) is 7.91. The Balaban J connectivity index is 1.99. The predicted octanol–water partition coefficient (Wildman–Crippen LogP) is 5.35. The van der Waals surface area contributed by atoms with Crippen molar-refractivity contribution in [3.05, 3.63) is 64.3 Å². The Morgan fingerprint density at radius 2 is 1.59 bits per heavy atom. The summed E-state index contributed by atoms with van der Waals surface area (Å²) in [5, 5.41) is 2.98. The van der Waals surface area contributed by atoms with E-state index in [1.807, 2.05) is 0 Å². The van der Waals surface area contributed by atoms with Crippen LogP contribution < -0.4 is 10.3 Å². The summed E-state index contributed by atoms with van der Waals surface area (Å²) in [5.74, 6) is 0.220. The molecule has 3 aromatic rings. The molecule has 3 nitrogen and oxygen atoms in total. The third-order valence-corrected chi connectivity index (χ3v) is 3.97. The Labute approximate surface area is 154 Å². The number of hydrogen-bond donors (Lipinski definition) is 1. The molecule has 0 unspecified atom stereocenters. The van der Waals surface area contributed by atoms with Gasteiger partial charge in [-0.25, -0.2) is 4.98 Å². The Hall–Kier alpha value is -2.55. The van der Waals surface area contributed by atoms with E-state index in [1.54, 1.807) is 24.3 Å². The predicted molar refractivity (Wildman–Crippen MR) is 87.1 cm³/mol. The quantitative estimate of drug-likeness (QED) is 0.595. The average Bonchev–Trinajstić information content (AvgIpc) is 2.58. The summed E-state index contributed by atoms with van der Waals surface area (Å²) >= 11 is 5.78. The van der Waals surface area contributed by atoms with E-state index >= 15 is 0 Å². The van der Waals surface area contributed by atoms with E-state index in [0.29, 0.717) is 5.02 Å². The van der Waals surface area contributed by atoms with Gasteiger partial charge in [-0.3, -0.25) is 0 Å². The maximum atomic E-state index is 13.2. The van der Waals surface area contributed by atoms with Crippen LogP contribution in [0, 0.1) is 0 Å². The second-order valence-corrected chi connectivity index (χ2v) is 6.10. The standard InChI is InChI=1S/C17H10ClF6N3/c18-10-3-1-9(2-4-10)8-25-14-6-5-11-12(16(19,20)21)7-13(17(22,23)24)26-15(11)27-14/h1-7H,8H2,(H,25,26,27)/p+1. The molecule has 0 saturated heterocycles. The molecule has 27 heavy (non-hydrogen) atoms. The summed E-state index contributed by atoms with van der Waals surface area (Å²) in [6.45, 7) is 0.282. The van der Waals surface area contributed by atoms with Gasteiger partial charge < -0.3 is 5.32 Å². The van der Waals surface area contributed by atoms with E-state index < -0.39 is 34.6 Å². The number of rotatable bonds is 3. The van der Waals surface area contributed by atoms with Gasteiger partial charge in [0.05, 0.1) is 17.5 Å². The highest BCUT2D eigenvalue weighted by Gasteiger charge is 2.41. The highest BCUT2D eigenvalue weighted by Crippen LogP contribution is 2.37. The molecule has 0 spiro atoms. The van der Waals surface area contributed by atoms with Gasteiger partial charge in [0.25, 0.3) is 5.65 Å². The molecule has 0 saturated carbocycles. The van der Waals surface area contributed by atoms with Crippen molar-refractivity contribution in [2.75, 3.05) is 5.32 Å². The highest BCUT2D eigenvalue weighted by molar-refractivity contribution is 6.30. The number of benzene rings is 1. The van der Waals surface area contributed by atoms with Crippen molar-refractivity contribution in [1.82, 2.24) is 4.98 Å². The maximum Gasteiger partial charge on any atom is 0.449 e. The SMILES string of the molecule is FC(F)(F)c1cc(C(F)(F)F)c2ccc(NCc3ccc(Cl)cc3)[nH+]c2n1. The van der Waals surface area contributed by atoms with Crippen LogP contribution in [-0.4, -0.2) is 4.98 Å². The number of fused-ring (bicyclic) bond motifs is 1. The summed E-state index contributed by atoms with van der Waals surface area (Å²) in [6.07, 6.45) is -9.96. The van der Waals surface area contributed by atoms with Crippen molar-refractivity contribution in [2.24, 2.45) is 0 Å². The van der Waals surface area contributed by atoms with E-state index in [1.165, 1.54) is 6.07 Å². The fraction of sp³-hybridized carbons (Fsp3) is 0.176. The maximum absolute atomic E-state index is 13.2. The molecule has 3 rings (SSSR count). The number of alkyl halides is 6. The summed E-state index contributed by atoms with van der Waals surface area (Å²) in [5.41, 5.74) is -2.71. The number of hydrogen-bond acceptors (Lipinski definition) is 2. The van der Waals surface area contributed by atoms with Crippen LogP contribution in [-0.2, 0) is 18.9 Å². The van der Waals surface area contributed by atoms with Crippen molar-refractivity contribution in [2.45, 2.75) is 18.9 Å². The van der Waals surface area contributed by atoms with Crippen molar-refractivity contribution >= 4 is 28.5 Å². The molecule has 0 fully saturated rings. The fourth-order valence-electron chi connectivity index (χ4n) is 2.44. The van der Waals surface area contributed by atoms with Gasteiger partial charge in [0.2, 0.25) is 11.5 Å². The van der Waals surface area contributed by atoms with Crippen molar-refractivity contribution in [1.29, 1.82) is 0 Å². The molecule has 0 aliphatic heterocycles. The van der Waals surface area contributed by atoms with Crippen molar-refractivity contribution < 1.29 is 31.3 Å². The van der Waals surface area contributed by atoms with Gasteiger partial charge in [-0.15, -0.1) is 0 Å². The molecule has 2 heterocycles. The summed E-state index contributed by atoms with van der Waals surface area (Å²) < 4.78 is 78.2. The van der Waals surface area contributed by atoms with Crippen LogP contribution in [0.3, 0.4) is 0 Å². The third kappa shape index (κ3) is 4.41. The van der Waals surface area contributed by atoms with E-state index in [9.17, 15) is 26.3 Å². The second kappa shape index (κ2) is 6.88. The number of halogens is 7. The van der Waals surface area contributed by atoms with Crippen LogP contribution in [0.1, 0.15) is 16.8 Å². The van der Waals surface area contributed by atoms with Crippen LogP contribution in [0.5, 0.6) is 0 Å². The minimum absolute atomic E-state index is 0.0109. The molecule has 2 aromatic heterocycles. The van der Waals surface area contributed by atoms with E-state index in [0.717, 1.165) is 11.6 Å². The second-order valence-electron chi connectivity index (χ2n) is 5.66. The van der Waals surface area contributed by atoms with Gasteiger partial charge >= 0.3 is 12.4 Å². The first-order valence-electron chi connectivity index (χ1n) is 7.54. The van der Waals surface area contributed by atoms with Crippen LogP contribution in [0.4, 0.5) is 32.2 Å². The largest absolute Gasteiger partial charge is 0.449 e. The molecule has 0 bridgehead atoms. The molecule has 0 aliphatic carbocycles. The van der Waals surface area contributed by atoms with Gasteiger partial charge in [0.1, 0.15) is 0 Å². The van der Waals surface area contributed by atoms with Crippen LogP contribution >= 0.6 is 11.6 Å². The van der Waals surface area contributed by atoms with Gasteiger partial charge in [-0.05, 0) is 29.8 Å². The first kappa shape index (κ1) is 19.2. The van der Waals surface area contributed by atoms with Crippen LogP contribution in [0.25, 0.3) is 11.0 Å².